The Morgan fingerprint density at radius 3 is 2.09 bits per heavy atom. The van der Waals surface area contributed by atoms with E-state index in [0.717, 1.165) is 36.8 Å². The maximum absolute atomic E-state index is 13.4. The Hall–Kier alpha value is -2.36. The second kappa shape index (κ2) is 11.1. The number of anilines is 1. The molecule has 0 atom stereocenters. The van der Waals surface area contributed by atoms with Gasteiger partial charge in [0.25, 0.3) is 10.0 Å². The maximum atomic E-state index is 13.4. The van der Waals surface area contributed by atoms with Crippen LogP contribution in [0, 0.1) is 27.7 Å². The summed E-state index contributed by atoms with van der Waals surface area (Å²) < 4.78 is 40.7. The van der Waals surface area contributed by atoms with Crippen molar-refractivity contribution >= 4 is 53.5 Å². The van der Waals surface area contributed by atoms with Crippen LogP contribution in [0.1, 0.15) is 27.8 Å². The van der Waals surface area contributed by atoms with Crippen molar-refractivity contribution in [2.45, 2.75) is 39.2 Å². The van der Waals surface area contributed by atoms with Gasteiger partial charge in [0, 0.05) is 21.6 Å². The van der Waals surface area contributed by atoms with E-state index < -0.39 is 16.0 Å². The van der Waals surface area contributed by atoms with E-state index in [1.54, 1.807) is 24.3 Å². The van der Waals surface area contributed by atoms with Gasteiger partial charge in [-0.25, -0.2) is 13.2 Å². The molecule has 0 heterocycles. The third-order valence-electron chi connectivity index (χ3n) is 5.88. The van der Waals surface area contributed by atoms with Gasteiger partial charge in [-0.1, -0.05) is 44.0 Å². The summed E-state index contributed by atoms with van der Waals surface area (Å²) in [7, 11) is -2.24. The number of rotatable bonds is 8. The highest BCUT2D eigenvalue weighted by Crippen LogP contribution is 2.31. The molecule has 0 radical (unpaired) electrons. The zero-order valence-corrected chi connectivity index (χ0v) is 24.2. The molecule has 0 saturated heterocycles. The summed E-state index contributed by atoms with van der Waals surface area (Å²) in [6, 6.07) is 14.1. The van der Waals surface area contributed by atoms with Gasteiger partial charge in [0.2, 0.25) is 0 Å². The third kappa shape index (κ3) is 6.26. The molecule has 0 aliphatic carbocycles. The third-order valence-corrected chi connectivity index (χ3v) is 9.17. The van der Waals surface area contributed by atoms with Crippen LogP contribution >= 0.6 is 31.9 Å². The number of carbonyl (C=O) groups excluding carboxylic acids is 1. The van der Waals surface area contributed by atoms with Gasteiger partial charge in [0.05, 0.1) is 10.6 Å². The van der Waals surface area contributed by atoms with Crippen molar-refractivity contribution in [2.24, 2.45) is 0 Å². The maximum Gasteiger partial charge on any atom is 0.344 e. The van der Waals surface area contributed by atoms with Crippen molar-refractivity contribution in [1.82, 2.24) is 0 Å². The first-order chi connectivity index (χ1) is 16.4. The van der Waals surface area contributed by atoms with Gasteiger partial charge in [0.15, 0.2) is 6.61 Å². The van der Waals surface area contributed by atoms with Crippen molar-refractivity contribution in [2.75, 3.05) is 18.0 Å². The molecule has 6 nitrogen and oxygen atoms in total. The molecular formula is C26H27Br2NO5S. The Morgan fingerprint density at radius 2 is 1.51 bits per heavy atom. The summed E-state index contributed by atoms with van der Waals surface area (Å²) in [5.41, 5.74) is 4.68. The fourth-order valence-electron chi connectivity index (χ4n) is 3.58. The summed E-state index contributed by atoms with van der Waals surface area (Å²) in [4.78, 5) is 12.4. The molecule has 0 aliphatic rings. The SMILES string of the molecule is Cc1cc(C)c(C)c(S(=O)(=O)N(C)c2ccc(OCC(=O)OCc3ccc(Br)cc3Br)cc2)c1C. The van der Waals surface area contributed by atoms with Crippen LogP contribution in [0.5, 0.6) is 5.75 Å². The van der Waals surface area contributed by atoms with Crippen molar-refractivity contribution in [1.29, 1.82) is 0 Å². The lowest BCUT2D eigenvalue weighted by Crippen LogP contribution is -2.28. The molecule has 186 valence electrons. The molecule has 0 bridgehead atoms. The lowest BCUT2D eigenvalue weighted by Gasteiger charge is -2.23. The highest BCUT2D eigenvalue weighted by Gasteiger charge is 2.27. The molecule has 0 unspecified atom stereocenters. The highest BCUT2D eigenvalue weighted by atomic mass is 79.9. The molecule has 0 spiro atoms. The zero-order chi connectivity index (χ0) is 25.9. The minimum atomic E-state index is -3.77. The van der Waals surface area contributed by atoms with Gasteiger partial charge in [-0.05, 0) is 86.3 Å². The van der Waals surface area contributed by atoms with E-state index in [1.165, 1.54) is 11.4 Å². The van der Waals surface area contributed by atoms with Crippen molar-refractivity contribution in [3.8, 4) is 5.75 Å². The molecule has 0 N–H and O–H groups in total. The van der Waals surface area contributed by atoms with Gasteiger partial charge in [-0.2, -0.15) is 0 Å². The Labute approximate surface area is 223 Å². The van der Waals surface area contributed by atoms with Gasteiger partial charge >= 0.3 is 5.97 Å². The summed E-state index contributed by atoms with van der Waals surface area (Å²) in [6.45, 7) is 7.34. The quantitative estimate of drug-likeness (QED) is 0.272. The van der Waals surface area contributed by atoms with E-state index >= 15 is 0 Å². The van der Waals surface area contributed by atoms with Crippen LogP contribution in [0.15, 0.2) is 62.4 Å². The molecule has 3 aromatic carbocycles. The Bertz CT molecular complexity index is 1330. The monoisotopic (exact) mass is 623 g/mol. The van der Waals surface area contributed by atoms with E-state index in [-0.39, 0.29) is 13.2 Å². The number of benzene rings is 3. The van der Waals surface area contributed by atoms with Crippen molar-refractivity contribution in [3.63, 3.8) is 0 Å². The number of hydrogen-bond acceptors (Lipinski definition) is 5. The number of carbonyl (C=O) groups is 1. The van der Waals surface area contributed by atoms with Crippen LogP contribution in [0.2, 0.25) is 0 Å². The molecule has 35 heavy (non-hydrogen) atoms. The molecule has 0 aromatic heterocycles. The van der Waals surface area contributed by atoms with Crippen LogP contribution in [0.3, 0.4) is 0 Å². The number of hydrogen-bond donors (Lipinski definition) is 0. The van der Waals surface area contributed by atoms with Gasteiger partial charge in [-0.3, -0.25) is 4.31 Å². The average molecular weight is 625 g/mol. The van der Waals surface area contributed by atoms with Crippen LogP contribution in [-0.2, 0) is 26.2 Å². The highest BCUT2D eigenvalue weighted by molar-refractivity contribution is 9.11. The van der Waals surface area contributed by atoms with Crippen LogP contribution in [0.25, 0.3) is 0 Å². The van der Waals surface area contributed by atoms with Crippen LogP contribution in [-0.4, -0.2) is 28.0 Å². The topological polar surface area (TPSA) is 72.9 Å². The lowest BCUT2D eigenvalue weighted by molar-refractivity contribution is -0.147. The molecule has 0 saturated carbocycles. The molecule has 0 aliphatic heterocycles. The lowest BCUT2D eigenvalue weighted by atomic mass is 10.0. The first-order valence-corrected chi connectivity index (χ1v) is 13.8. The summed E-state index contributed by atoms with van der Waals surface area (Å²) >= 11 is 6.82. The largest absolute Gasteiger partial charge is 0.482 e. The Morgan fingerprint density at radius 1 is 0.914 bits per heavy atom. The van der Waals surface area contributed by atoms with E-state index in [9.17, 15) is 13.2 Å². The van der Waals surface area contributed by atoms with Crippen LogP contribution in [0.4, 0.5) is 5.69 Å². The predicted octanol–water partition coefficient (Wildman–Crippen LogP) is 6.39. The number of esters is 1. The first kappa shape index (κ1) is 27.2. The second-order valence-electron chi connectivity index (χ2n) is 8.24. The zero-order valence-electron chi connectivity index (χ0n) is 20.2. The number of aryl methyl sites for hydroxylation is 2. The molecule has 9 heteroatoms. The van der Waals surface area contributed by atoms with Crippen molar-refractivity contribution < 1.29 is 22.7 Å². The summed E-state index contributed by atoms with van der Waals surface area (Å²) in [6.07, 6.45) is 0. The van der Waals surface area contributed by atoms with E-state index in [2.05, 4.69) is 31.9 Å². The van der Waals surface area contributed by atoms with Crippen molar-refractivity contribution in [3.05, 3.63) is 85.3 Å². The average Bonchev–Trinajstić information content (AvgIpc) is 2.80. The normalized spacial score (nSPS) is 11.3. The standard InChI is InChI=1S/C26H27Br2NO5S/c1-16-12-17(2)19(4)26(18(16)3)35(31,32)29(5)22-8-10-23(11-9-22)33-15-25(30)34-14-20-6-7-21(27)13-24(20)28/h6-13H,14-15H2,1-5H3. The molecule has 0 fully saturated rings. The van der Waals surface area contributed by atoms with Gasteiger partial charge < -0.3 is 9.47 Å². The molecular weight excluding hydrogens is 598 g/mol. The van der Waals surface area contributed by atoms with E-state index in [0.29, 0.717) is 16.3 Å². The summed E-state index contributed by atoms with van der Waals surface area (Å²) in [5.74, 6) is -0.0792. The van der Waals surface area contributed by atoms with Gasteiger partial charge in [-0.15, -0.1) is 0 Å². The Balaban J connectivity index is 1.65. The van der Waals surface area contributed by atoms with E-state index in [1.807, 2.05) is 52.0 Å². The van der Waals surface area contributed by atoms with Crippen LogP contribution < -0.4 is 9.04 Å². The number of nitrogens with zero attached hydrogens (tertiary/aromatic N) is 1. The summed E-state index contributed by atoms with van der Waals surface area (Å²) in [5, 5.41) is 0. The predicted molar refractivity (Wildman–Crippen MR) is 145 cm³/mol. The molecule has 0 amide bonds. The minimum Gasteiger partial charge on any atom is -0.482 e. The smallest absolute Gasteiger partial charge is 0.344 e. The Kier molecular flexibility index (Phi) is 8.67. The van der Waals surface area contributed by atoms with Gasteiger partial charge in [0.1, 0.15) is 12.4 Å². The van der Waals surface area contributed by atoms with E-state index in [4.69, 9.17) is 9.47 Å². The molecule has 3 aromatic rings. The minimum absolute atomic E-state index is 0.120. The number of sulfonamides is 1. The molecule has 3 rings (SSSR count). The number of halogens is 2. The number of ether oxygens (including phenoxy) is 2. The second-order valence-corrected chi connectivity index (χ2v) is 11.9. The fraction of sp³-hybridized carbons (Fsp3) is 0.269. The first-order valence-electron chi connectivity index (χ1n) is 10.8. The fourth-order valence-corrected chi connectivity index (χ4v) is 6.51.